The first-order valence-corrected chi connectivity index (χ1v) is 10.0. The van der Waals surface area contributed by atoms with E-state index < -0.39 is 12.1 Å². The Kier molecular flexibility index (Phi) is 8.96. The molecule has 0 radical (unpaired) electrons. The van der Waals surface area contributed by atoms with Crippen molar-refractivity contribution in [1.82, 2.24) is 9.88 Å². The molecule has 1 amide bonds. The number of carboxylic acid groups (broad SMARTS) is 1. The van der Waals surface area contributed by atoms with E-state index in [1.165, 1.54) is 0 Å². The molecule has 0 spiro atoms. The Labute approximate surface area is 167 Å². The fourth-order valence-corrected chi connectivity index (χ4v) is 3.73. The summed E-state index contributed by atoms with van der Waals surface area (Å²) >= 11 is 0. The predicted octanol–water partition coefficient (Wildman–Crippen LogP) is 2.65. The van der Waals surface area contributed by atoms with E-state index in [2.05, 4.69) is 23.7 Å². The van der Waals surface area contributed by atoms with E-state index in [1.807, 2.05) is 23.1 Å². The fraction of sp³-hybridized carbons (Fsp3) is 0.591. The number of rotatable bonds is 9. The molecule has 0 aliphatic carbocycles. The number of likely N-dealkylation sites (tertiary alicyclic amines) is 1. The summed E-state index contributed by atoms with van der Waals surface area (Å²) < 4.78 is 0. The number of pyridine rings is 1. The van der Waals surface area contributed by atoms with E-state index in [0.29, 0.717) is 38.6 Å². The molecule has 1 unspecified atom stereocenters. The van der Waals surface area contributed by atoms with Crippen LogP contribution in [-0.2, 0) is 16.0 Å². The molecule has 2 rings (SSSR count). The summed E-state index contributed by atoms with van der Waals surface area (Å²) in [4.78, 5) is 29.0. The molecule has 3 atom stereocenters. The van der Waals surface area contributed by atoms with Gasteiger partial charge in [-0.25, -0.2) is 0 Å². The third kappa shape index (κ3) is 7.32. The summed E-state index contributed by atoms with van der Waals surface area (Å²) in [6.07, 6.45) is 5.84. The minimum absolute atomic E-state index is 0.0768. The van der Waals surface area contributed by atoms with Crippen molar-refractivity contribution in [3.05, 3.63) is 30.1 Å². The normalized spacial score (nSPS) is 18.9. The summed E-state index contributed by atoms with van der Waals surface area (Å²) in [6, 6.07) is 5.75. The first-order valence-electron chi connectivity index (χ1n) is 10.0. The first kappa shape index (κ1) is 21.9. The summed E-state index contributed by atoms with van der Waals surface area (Å²) in [6.45, 7) is 2.45. The third-order valence-electron chi connectivity index (χ3n) is 5.15. The maximum Gasteiger partial charge on any atom is 0.303 e. The largest absolute Gasteiger partial charge is 0.481 e. The van der Waals surface area contributed by atoms with Gasteiger partial charge in [-0.15, -0.1) is 5.92 Å². The number of unbranched alkanes of at least 4 members (excludes halogenated alkanes) is 1. The van der Waals surface area contributed by atoms with Crippen molar-refractivity contribution in [3.8, 4) is 11.8 Å². The molecule has 1 aromatic rings. The summed E-state index contributed by atoms with van der Waals surface area (Å²) in [5.74, 6) is 5.47. The molecule has 1 saturated heterocycles. The lowest BCUT2D eigenvalue weighted by molar-refractivity contribution is -0.138. The molecule has 2 heterocycles. The highest BCUT2D eigenvalue weighted by molar-refractivity contribution is 5.77. The van der Waals surface area contributed by atoms with Crippen molar-refractivity contribution in [2.45, 2.75) is 70.4 Å². The van der Waals surface area contributed by atoms with Crippen LogP contribution in [0.15, 0.2) is 24.4 Å². The molecule has 0 saturated carbocycles. The highest BCUT2D eigenvalue weighted by atomic mass is 16.4. The van der Waals surface area contributed by atoms with Crippen LogP contribution in [0, 0.1) is 17.8 Å². The van der Waals surface area contributed by atoms with Gasteiger partial charge < -0.3 is 15.1 Å². The molecule has 2 N–H and O–H groups in total. The van der Waals surface area contributed by atoms with Gasteiger partial charge in [0.25, 0.3) is 0 Å². The number of hydrogen-bond acceptors (Lipinski definition) is 4. The highest BCUT2D eigenvalue weighted by Crippen LogP contribution is 2.27. The van der Waals surface area contributed by atoms with Crippen LogP contribution < -0.4 is 0 Å². The second-order valence-corrected chi connectivity index (χ2v) is 7.47. The quantitative estimate of drug-likeness (QED) is 0.503. The van der Waals surface area contributed by atoms with Crippen LogP contribution in [0.4, 0.5) is 0 Å². The number of amides is 1. The molecule has 1 fully saturated rings. The lowest BCUT2D eigenvalue weighted by Crippen LogP contribution is -2.47. The van der Waals surface area contributed by atoms with Crippen LogP contribution in [-0.4, -0.2) is 50.7 Å². The number of aliphatic carboxylic acids is 1. The van der Waals surface area contributed by atoms with Gasteiger partial charge in [-0.05, 0) is 43.7 Å². The molecule has 6 heteroatoms. The van der Waals surface area contributed by atoms with Gasteiger partial charge in [0.2, 0.25) is 5.91 Å². The Morgan fingerprint density at radius 1 is 1.39 bits per heavy atom. The number of aliphatic hydroxyl groups excluding tert-OH is 1. The number of nitrogens with zero attached hydrogens (tertiary/aromatic N) is 2. The Hall–Kier alpha value is -2.39. The van der Waals surface area contributed by atoms with Gasteiger partial charge in [0.05, 0.1) is 12.6 Å². The van der Waals surface area contributed by atoms with E-state index in [-0.39, 0.29) is 24.3 Å². The molecule has 1 aromatic heterocycles. The standard InChI is InChI=1S/C22H30N2O4/c1-17(15-19(25)16-18-9-5-6-13-23-18)20-10-8-11-21(26)24(20)14-7-3-2-4-12-22(27)28/h5-6,9,13,17,19-20,25H,2,4,8,10-12,14-16H2,1H3,(H,27,28)/t17-,19?,20+/m0/s1. The van der Waals surface area contributed by atoms with Crippen molar-refractivity contribution in [3.63, 3.8) is 0 Å². The predicted molar refractivity (Wildman–Crippen MR) is 106 cm³/mol. The lowest BCUT2D eigenvalue weighted by Gasteiger charge is -2.38. The average Bonchev–Trinajstić information content (AvgIpc) is 2.65. The van der Waals surface area contributed by atoms with Crippen LogP contribution in [0.1, 0.15) is 57.6 Å². The second kappa shape index (κ2) is 11.5. The maximum absolute atomic E-state index is 12.4. The molecule has 0 aromatic carbocycles. The molecule has 28 heavy (non-hydrogen) atoms. The van der Waals surface area contributed by atoms with E-state index in [4.69, 9.17) is 5.11 Å². The van der Waals surface area contributed by atoms with Crippen LogP contribution in [0.5, 0.6) is 0 Å². The summed E-state index contributed by atoms with van der Waals surface area (Å²) in [5, 5.41) is 19.1. The van der Waals surface area contributed by atoms with Gasteiger partial charge in [-0.1, -0.05) is 18.9 Å². The number of hydrogen-bond donors (Lipinski definition) is 2. The first-order chi connectivity index (χ1) is 13.5. The minimum atomic E-state index is -0.814. The Morgan fingerprint density at radius 2 is 2.21 bits per heavy atom. The Balaban J connectivity index is 1.88. The van der Waals surface area contributed by atoms with Gasteiger partial charge in [-0.2, -0.15) is 0 Å². The second-order valence-electron chi connectivity index (χ2n) is 7.47. The van der Waals surface area contributed by atoms with E-state index in [0.717, 1.165) is 18.5 Å². The third-order valence-corrected chi connectivity index (χ3v) is 5.15. The van der Waals surface area contributed by atoms with Crippen molar-refractivity contribution in [2.24, 2.45) is 5.92 Å². The monoisotopic (exact) mass is 386 g/mol. The van der Waals surface area contributed by atoms with E-state index in [1.54, 1.807) is 6.20 Å². The average molecular weight is 386 g/mol. The highest BCUT2D eigenvalue weighted by Gasteiger charge is 2.32. The zero-order chi connectivity index (χ0) is 20.4. The van der Waals surface area contributed by atoms with E-state index in [9.17, 15) is 14.7 Å². The molecule has 152 valence electrons. The van der Waals surface area contributed by atoms with Gasteiger partial charge in [-0.3, -0.25) is 14.6 Å². The zero-order valence-corrected chi connectivity index (χ0v) is 16.5. The SMILES string of the molecule is C[C@@H](CC(O)Cc1ccccn1)[C@H]1CCCC(=O)N1CC#CCCCC(=O)O. The van der Waals surface area contributed by atoms with Crippen LogP contribution in [0.3, 0.4) is 0 Å². The van der Waals surface area contributed by atoms with Crippen LogP contribution in [0.2, 0.25) is 0 Å². The Morgan fingerprint density at radius 3 is 2.93 bits per heavy atom. The molecular formula is C22H30N2O4. The molecule has 0 bridgehead atoms. The van der Waals surface area contributed by atoms with Crippen molar-refractivity contribution in [1.29, 1.82) is 0 Å². The number of aromatic nitrogens is 1. The topological polar surface area (TPSA) is 90.7 Å². The summed E-state index contributed by atoms with van der Waals surface area (Å²) in [5.41, 5.74) is 0.867. The smallest absolute Gasteiger partial charge is 0.303 e. The Bertz CT molecular complexity index is 695. The minimum Gasteiger partial charge on any atom is -0.481 e. The van der Waals surface area contributed by atoms with Crippen LogP contribution >= 0.6 is 0 Å². The van der Waals surface area contributed by atoms with Gasteiger partial charge in [0.15, 0.2) is 0 Å². The number of aliphatic hydroxyl groups is 1. The van der Waals surface area contributed by atoms with Crippen molar-refractivity contribution >= 4 is 11.9 Å². The zero-order valence-electron chi connectivity index (χ0n) is 16.5. The van der Waals surface area contributed by atoms with Crippen molar-refractivity contribution in [2.75, 3.05) is 6.54 Å². The molecule has 1 aliphatic rings. The van der Waals surface area contributed by atoms with Crippen LogP contribution in [0.25, 0.3) is 0 Å². The number of carbonyl (C=O) groups excluding carboxylic acids is 1. The lowest BCUT2D eigenvalue weighted by atomic mass is 9.86. The van der Waals surface area contributed by atoms with Gasteiger partial charge >= 0.3 is 5.97 Å². The molecular weight excluding hydrogens is 356 g/mol. The fourth-order valence-electron chi connectivity index (χ4n) is 3.73. The maximum atomic E-state index is 12.4. The molecule has 1 aliphatic heterocycles. The van der Waals surface area contributed by atoms with Gasteiger partial charge in [0, 0.05) is 43.6 Å². The number of carboxylic acids is 1. The van der Waals surface area contributed by atoms with E-state index >= 15 is 0 Å². The summed E-state index contributed by atoms with van der Waals surface area (Å²) in [7, 11) is 0. The van der Waals surface area contributed by atoms with Crippen molar-refractivity contribution < 1.29 is 19.8 Å². The molecule has 6 nitrogen and oxygen atoms in total. The number of piperidine rings is 1. The van der Waals surface area contributed by atoms with Gasteiger partial charge in [0.1, 0.15) is 0 Å². The number of carbonyl (C=O) groups is 2.